The maximum Gasteiger partial charge on any atom is 0.359 e. The fourth-order valence-electron chi connectivity index (χ4n) is 2.14. The molecule has 0 aliphatic rings. The number of nitrogens with zero attached hydrogens (tertiary/aromatic N) is 2. The van der Waals surface area contributed by atoms with E-state index in [1.54, 1.807) is 0 Å². The molecule has 1 N–H and O–H groups in total. The summed E-state index contributed by atoms with van der Waals surface area (Å²) < 4.78 is 5.11. The van der Waals surface area contributed by atoms with E-state index in [1.807, 2.05) is 35.7 Å². The molecule has 0 spiro atoms. The number of hydrogen-bond donors (Lipinski definition) is 1. The largest absolute Gasteiger partial charge is 0.448 e. The van der Waals surface area contributed by atoms with E-state index in [4.69, 9.17) is 39.5 Å². The van der Waals surface area contributed by atoms with Crippen molar-refractivity contribution in [2.45, 2.75) is 13.0 Å². The van der Waals surface area contributed by atoms with Crippen LogP contribution in [0.15, 0.2) is 41.9 Å². The zero-order valence-electron chi connectivity index (χ0n) is 14.3. The van der Waals surface area contributed by atoms with Gasteiger partial charge in [0.25, 0.3) is 5.91 Å². The van der Waals surface area contributed by atoms with Crippen LogP contribution in [0.4, 0.5) is 5.13 Å². The van der Waals surface area contributed by atoms with E-state index >= 15 is 0 Å². The number of halogens is 3. The van der Waals surface area contributed by atoms with Gasteiger partial charge < -0.3 is 4.74 Å². The number of ether oxygens (including phenoxy) is 1. The van der Waals surface area contributed by atoms with Crippen LogP contribution in [0.2, 0.25) is 15.1 Å². The van der Waals surface area contributed by atoms with Crippen molar-refractivity contribution in [1.29, 1.82) is 0 Å². The van der Waals surface area contributed by atoms with Gasteiger partial charge in [0.2, 0.25) is 0 Å². The second-order valence-corrected chi connectivity index (χ2v) is 7.54. The number of rotatable bonds is 5. The van der Waals surface area contributed by atoms with Gasteiger partial charge in [-0.3, -0.25) is 10.1 Å². The molecule has 0 unspecified atom stereocenters. The molecule has 0 aliphatic carbocycles. The highest BCUT2D eigenvalue weighted by Gasteiger charge is 2.24. The molecule has 0 saturated carbocycles. The Morgan fingerprint density at radius 1 is 1.14 bits per heavy atom. The van der Waals surface area contributed by atoms with Crippen molar-refractivity contribution in [3.63, 3.8) is 0 Å². The van der Waals surface area contributed by atoms with Gasteiger partial charge in [-0.2, -0.15) is 0 Å². The first-order chi connectivity index (χ1) is 13.4. The van der Waals surface area contributed by atoms with E-state index in [0.717, 1.165) is 11.3 Å². The van der Waals surface area contributed by atoms with Crippen molar-refractivity contribution in [1.82, 2.24) is 9.97 Å². The average molecular weight is 457 g/mol. The number of carbonyl (C=O) groups is 2. The maximum atomic E-state index is 12.3. The van der Waals surface area contributed by atoms with Gasteiger partial charge in [-0.05, 0) is 6.92 Å². The average Bonchev–Trinajstić information content (AvgIpc) is 3.15. The third-order valence-corrected chi connectivity index (χ3v) is 5.57. The summed E-state index contributed by atoms with van der Waals surface area (Å²) in [7, 11) is 0. The van der Waals surface area contributed by atoms with Crippen LogP contribution in [0, 0.1) is 0 Å². The Hall–Kier alpha value is -2.19. The summed E-state index contributed by atoms with van der Waals surface area (Å²) in [6, 6.07) is 9.54. The molecule has 0 aliphatic heterocycles. The topological polar surface area (TPSA) is 81.2 Å². The number of aromatic nitrogens is 2. The van der Waals surface area contributed by atoms with Crippen LogP contribution in [0.1, 0.15) is 17.4 Å². The molecular weight excluding hydrogens is 445 g/mol. The van der Waals surface area contributed by atoms with Gasteiger partial charge in [0.1, 0.15) is 0 Å². The Kier molecular flexibility index (Phi) is 6.51. The van der Waals surface area contributed by atoms with Crippen LogP contribution in [0.25, 0.3) is 11.3 Å². The quantitative estimate of drug-likeness (QED) is 0.523. The number of hydrogen-bond acceptors (Lipinski definition) is 6. The Morgan fingerprint density at radius 2 is 1.86 bits per heavy atom. The number of carbonyl (C=O) groups excluding carboxylic acids is 2. The summed E-state index contributed by atoms with van der Waals surface area (Å²) in [6.45, 7) is 1.42. The minimum atomic E-state index is -1.11. The second-order valence-electron chi connectivity index (χ2n) is 5.52. The predicted molar refractivity (Wildman–Crippen MR) is 110 cm³/mol. The van der Waals surface area contributed by atoms with Crippen molar-refractivity contribution >= 4 is 63.1 Å². The minimum absolute atomic E-state index is 0.0152. The smallest absolute Gasteiger partial charge is 0.359 e. The number of anilines is 1. The Balaban J connectivity index is 1.64. The van der Waals surface area contributed by atoms with Gasteiger partial charge in [-0.25, -0.2) is 14.8 Å². The monoisotopic (exact) mass is 455 g/mol. The van der Waals surface area contributed by atoms with Crippen molar-refractivity contribution in [2.24, 2.45) is 0 Å². The second kappa shape index (κ2) is 8.87. The van der Waals surface area contributed by atoms with Gasteiger partial charge in [0, 0.05) is 17.1 Å². The van der Waals surface area contributed by atoms with Crippen LogP contribution in [0.5, 0.6) is 0 Å². The molecule has 10 heteroatoms. The molecule has 0 fully saturated rings. The molecular formula is C18H12Cl3N3O3S. The zero-order chi connectivity index (χ0) is 20.3. The number of esters is 1. The molecule has 0 radical (unpaired) electrons. The predicted octanol–water partition coefficient (Wildman–Crippen LogP) is 5.35. The summed E-state index contributed by atoms with van der Waals surface area (Å²) in [5, 5.41) is 4.77. The molecule has 0 bridgehead atoms. The van der Waals surface area contributed by atoms with Crippen LogP contribution >= 0.6 is 46.1 Å². The standard InChI is InChI=1S/C18H12Cl3N3O3S/c1-9(27-17(26)15-14(21)13(20)11(19)7-22-15)16(25)24-18-23-12(8-28-18)10-5-3-2-4-6-10/h2-9H,1H3,(H,23,24,25)/t9-/m1/s1. The third kappa shape index (κ3) is 4.62. The van der Waals surface area contributed by atoms with Gasteiger partial charge in [0.05, 0.1) is 20.8 Å². The molecule has 0 saturated heterocycles. The van der Waals surface area contributed by atoms with Crippen molar-refractivity contribution in [3.05, 3.63) is 62.7 Å². The van der Waals surface area contributed by atoms with Crippen LogP contribution < -0.4 is 5.32 Å². The van der Waals surface area contributed by atoms with E-state index in [2.05, 4.69) is 15.3 Å². The molecule has 144 valence electrons. The lowest BCUT2D eigenvalue weighted by atomic mass is 10.2. The van der Waals surface area contributed by atoms with Crippen molar-refractivity contribution in [3.8, 4) is 11.3 Å². The summed E-state index contributed by atoms with van der Waals surface area (Å²) >= 11 is 18.9. The first-order valence-corrected chi connectivity index (χ1v) is 9.90. The molecule has 6 nitrogen and oxygen atoms in total. The minimum Gasteiger partial charge on any atom is -0.448 e. The molecule has 2 heterocycles. The van der Waals surface area contributed by atoms with E-state index in [1.165, 1.54) is 24.5 Å². The maximum absolute atomic E-state index is 12.3. The van der Waals surface area contributed by atoms with Crippen LogP contribution in [0.3, 0.4) is 0 Å². The number of amides is 1. The van der Waals surface area contributed by atoms with Crippen LogP contribution in [-0.2, 0) is 9.53 Å². The molecule has 28 heavy (non-hydrogen) atoms. The lowest BCUT2D eigenvalue weighted by Crippen LogP contribution is -2.30. The van der Waals surface area contributed by atoms with Gasteiger partial charge in [-0.15, -0.1) is 11.3 Å². The van der Waals surface area contributed by atoms with Gasteiger partial charge >= 0.3 is 5.97 Å². The normalized spacial score (nSPS) is 11.7. The lowest BCUT2D eigenvalue weighted by molar-refractivity contribution is -0.123. The number of pyridine rings is 1. The molecule has 1 atom stereocenters. The molecule has 2 aromatic heterocycles. The number of benzene rings is 1. The van der Waals surface area contributed by atoms with Crippen molar-refractivity contribution < 1.29 is 14.3 Å². The Bertz CT molecular complexity index is 1030. The fraction of sp³-hybridized carbons (Fsp3) is 0.111. The summed E-state index contributed by atoms with van der Waals surface area (Å²) in [4.78, 5) is 32.7. The van der Waals surface area contributed by atoms with Crippen LogP contribution in [-0.4, -0.2) is 27.9 Å². The molecule has 3 aromatic rings. The summed E-state index contributed by atoms with van der Waals surface area (Å²) in [5.41, 5.74) is 1.44. The highest BCUT2D eigenvalue weighted by atomic mass is 35.5. The lowest BCUT2D eigenvalue weighted by Gasteiger charge is -2.13. The van der Waals surface area contributed by atoms with Gasteiger partial charge in [-0.1, -0.05) is 65.1 Å². The van der Waals surface area contributed by atoms with Crippen molar-refractivity contribution in [2.75, 3.05) is 5.32 Å². The Labute approximate surface area is 179 Å². The third-order valence-electron chi connectivity index (χ3n) is 3.57. The number of nitrogens with one attached hydrogen (secondary N) is 1. The summed E-state index contributed by atoms with van der Waals surface area (Å²) in [5.74, 6) is -1.44. The first-order valence-electron chi connectivity index (χ1n) is 7.89. The molecule has 3 rings (SSSR count). The van der Waals surface area contributed by atoms with Gasteiger partial charge in [0.15, 0.2) is 16.9 Å². The highest BCUT2D eigenvalue weighted by Crippen LogP contribution is 2.31. The molecule has 1 amide bonds. The SMILES string of the molecule is C[C@@H](OC(=O)c1ncc(Cl)c(Cl)c1Cl)C(=O)Nc1nc(-c2ccccc2)cs1. The summed E-state index contributed by atoms with van der Waals surface area (Å²) in [6.07, 6.45) is 0.0708. The van der Waals surface area contributed by atoms with E-state index in [0.29, 0.717) is 5.13 Å². The molecule has 1 aromatic carbocycles. The first kappa shape index (κ1) is 20.5. The zero-order valence-corrected chi connectivity index (χ0v) is 17.4. The Morgan fingerprint density at radius 3 is 2.57 bits per heavy atom. The fourth-order valence-corrected chi connectivity index (χ4v) is 3.42. The van der Waals surface area contributed by atoms with E-state index < -0.39 is 18.0 Å². The van der Waals surface area contributed by atoms with E-state index in [9.17, 15) is 9.59 Å². The van der Waals surface area contributed by atoms with E-state index in [-0.39, 0.29) is 20.8 Å². The highest BCUT2D eigenvalue weighted by molar-refractivity contribution is 7.14. The number of thiazole rings is 1.